The molecule has 1 aromatic carbocycles. The molecule has 0 bridgehead atoms. The lowest BCUT2D eigenvalue weighted by Crippen LogP contribution is -2.07. The van der Waals surface area contributed by atoms with E-state index in [0.29, 0.717) is 6.61 Å². The number of rotatable bonds is 5. The topological polar surface area (TPSA) is 43.4 Å². The Morgan fingerprint density at radius 2 is 1.88 bits per heavy atom. The van der Waals surface area contributed by atoms with Gasteiger partial charge in [-0.2, -0.15) is 0 Å². The van der Waals surface area contributed by atoms with Crippen LogP contribution < -0.4 is 4.74 Å². The molecule has 0 aliphatic carbocycles. The zero-order valence-electron chi connectivity index (χ0n) is 9.31. The molecule has 0 radical (unpaired) electrons. The van der Waals surface area contributed by atoms with E-state index < -0.39 is 15.1 Å². The highest BCUT2D eigenvalue weighted by atomic mass is 79.9. The molecule has 1 aromatic rings. The van der Waals surface area contributed by atoms with E-state index in [1.807, 2.05) is 0 Å². The van der Waals surface area contributed by atoms with E-state index >= 15 is 0 Å². The minimum absolute atomic E-state index is 0.474. The normalized spacial score (nSPS) is 13.4. The number of sulfone groups is 1. The third-order valence-electron chi connectivity index (χ3n) is 2.34. The van der Waals surface area contributed by atoms with Crippen molar-refractivity contribution in [2.75, 3.05) is 18.2 Å². The van der Waals surface area contributed by atoms with Crippen LogP contribution in [0.5, 0.6) is 5.75 Å². The van der Waals surface area contributed by atoms with E-state index in [-0.39, 0.29) is 0 Å². The first-order valence-electron chi connectivity index (χ1n) is 4.92. The molecule has 0 spiro atoms. The molecule has 0 aliphatic rings. The fraction of sp³-hybridized carbons (Fsp3) is 0.455. The largest absolute Gasteiger partial charge is 0.493 e. The quantitative estimate of drug-likeness (QED) is 0.785. The van der Waals surface area contributed by atoms with E-state index in [1.54, 1.807) is 31.2 Å². The molecule has 1 rings (SSSR count). The summed E-state index contributed by atoms with van der Waals surface area (Å²) in [6.07, 6.45) is 1.24. The average molecular weight is 307 g/mol. The van der Waals surface area contributed by atoms with Crippen LogP contribution in [0.25, 0.3) is 0 Å². The number of ether oxygens (including phenoxy) is 1. The molecule has 0 N–H and O–H groups in total. The molecular weight excluding hydrogens is 292 g/mol. The number of alkyl halides is 1. The fourth-order valence-electron chi connectivity index (χ4n) is 1.24. The lowest BCUT2D eigenvalue weighted by Gasteiger charge is -2.10. The van der Waals surface area contributed by atoms with Gasteiger partial charge in [0.1, 0.15) is 5.75 Å². The molecule has 5 heteroatoms. The van der Waals surface area contributed by atoms with Crippen molar-refractivity contribution in [3.05, 3.63) is 29.8 Å². The summed E-state index contributed by atoms with van der Waals surface area (Å²) in [7, 11) is -3.03. The Morgan fingerprint density at radius 1 is 1.31 bits per heavy atom. The van der Waals surface area contributed by atoms with Gasteiger partial charge in [0, 0.05) is 11.6 Å². The van der Waals surface area contributed by atoms with Crippen molar-refractivity contribution in [3.63, 3.8) is 0 Å². The summed E-state index contributed by atoms with van der Waals surface area (Å²) in [5.41, 5.74) is 0.786. The van der Waals surface area contributed by atoms with Crippen LogP contribution in [0.15, 0.2) is 24.3 Å². The number of hydrogen-bond donors (Lipinski definition) is 0. The number of hydrogen-bond acceptors (Lipinski definition) is 3. The van der Waals surface area contributed by atoms with E-state index in [0.717, 1.165) is 16.6 Å². The minimum Gasteiger partial charge on any atom is -0.493 e. The first-order valence-corrected chi connectivity index (χ1v) is 8.00. The van der Waals surface area contributed by atoms with Gasteiger partial charge in [-0.15, -0.1) is 0 Å². The molecule has 0 fully saturated rings. The minimum atomic E-state index is -3.03. The van der Waals surface area contributed by atoms with Gasteiger partial charge in [-0.3, -0.25) is 0 Å². The van der Waals surface area contributed by atoms with Gasteiger partial charge in [0.2, 0.25) is 0 Å². The second-order valence-corrected chi connectivity index (χ2v) is 6.74. The van der Waals surface area contributed by atoms with Crippen molar-refractivity contribution < 1.29 is 13.2 Å². The van der Waals surface area contributed by atoms with Crippen LogP contribution in [0, 0.1) is 0 Å². The summed E-state index contributed by atoms with van der Waals surface area (Å²) >= 11 is 3.27. The molecule has 1 atom stereocenters. The average Bonchev–Trinajstić information content (AvgIpc) is 2.25. The van der Waals surface area contributed by atoms with Crippen molar-refractivity contribution in [2.45, 2.75) is 12.2 Å². The first kappa shape index (κ1) is 13.5. The highest BCUT2D eigenvalue weighted by Crippen LogP contribution is 2.23. The Hall–Kier alpha value is -0.550. The van der Waals surface area contributed by atoms with E-state index in [4.69, 9.17) is 4.74 Å². The lowest BCUT2D eigenvalue weighted by atomic mass is 10.1. The molecule has 16 heavy (non-hydrogen) atoms. The lowest BCUT2D eigenvalue weighted by molar-refractivity contribution is 0.345. The van der Waals surface area contributed by atoms with Crippen LogP contribution in [0.2, 0.25) is 0 Å². The summed E-state index contributed by atoms with van der Waals surface area (Å²) < 4.78 is 28.1. The molecule has 0 aromatic heterocycles. The third kappa shape index (κ3) is 3.79. The molecule has 0 amide bonds. The van der Waals surface area contributed by atoms with Crippen LogP contribution in [0.1, 0.15) is 17.7 Å². The summed E-state index contributed by atoms with van der Waals surface area (Å²) in [6, 6.07) is 7.16. The van der Waals surface area contributed by atoms with E-state index in [1.165, 1.54) is 6.26 Å². The summed E-state index contributed by atoms with van der Waals surface area (Å²) in [4.78, 5) is 0. The molecule has 0 aliphatic heterocycles. The number of halogens is 1. The predicted molar refractivity (Wildman–Crippen MR) is 69.0 cm³/mol. The Labute approximate surface area is 105 Å². The smallest absolute Gasteiger partial charge is 0.154 e. The second-order valence-electron chi connectivity index (χ2n) is 3.58. The van der Waals surface area contributed by atoms with Gasteiger partial charge >= 0.3 is 0 Å². The van der Waals surface area contributed by atoms with Crippen LogP contribution in [0.4, 0.5) is 0 Å². The van der Waals surface area contributed by atoms with Gasteiger partial charge in [-0.1, -0.05) is 28.1 Å². The molecule has 0 heterocycles. The van der Waals surface area contributed by atoms with Gasteiger partial charge in [0.05, 0.1) is 11.9 Å². The molecule has 1 unspecified atom stereocenters. The summed E-state index contributed by atoms with van der Waals surface area (Å²) in [6.45, 7) is 2.28. The molecule has 0 saturated heterocycles. The highest BCUT2D eigenvalue weighted by molar-refractivity contribution is 9.09. The van der Waals surface area contributed by atoms with Gasteiger partial charge in [0.25, 0.3) is 0 Å². The van der Waals surface area contributed by atoms with Gasteiger partial charge in [0.15, 0.2) is 9.84 Å². The van der Waals surface area contributed by atoms with Gasteiger partial charge < -0.3 is 4.74 Å². The Balaban J connectivity index is 2.79. The highest BCUT2D eigenvalue weighted by Gasteiger charge is 2.16. The summed E-state index contributed by atoms with van der Waals surface area (Å²) in [5, 5.41) is 0.298. The van der Waals surface area contributed by atoms with Crippen molar-refractivity contribution in [1.82, 2.24) is 0 Å². The van der Waals surface area contributed by atoms with E-state index in [2.05, 4.69) is 15.9 Å². The molecule has 0 saturated carbocycles. The van der Waals surface area contributed by atoms with Crippen LogP contribution in [-0.4, -0.2) is 26.6 Å². The summed E-state index contributed by atoms with van der Waals surface area (Å²) in [5.74, 6) is 0.754. The Morgan fingerprint density at radius 3 is 2.31 bits per heavy atom. The maximum absolute atomic E-state index is 11.4. The molecule has 90 valence electrons. The maximum atomic E-state index is 11.4. The Kier molecular flexibility index (Phi) is 4.80. The molecule has 3 nitrogen and oxygen atoms in total. The fourth-order valence-corrected chi connectivity index (χ4v) is 2.05. The third-order valence-corrected chi connectivity index (χ3v) is 4.22. The SMILES string of the molecule is CC(c1ccc(OCCBr)cc1)S(C)(=O)=O. The van der Waals surface area contributed by atoms with Crippen LogP contribution in [-0.2, 0) is 9.84 Å². The zero-order valence-corrected chi connectivity index (χ0v) is 11.7. The van der Waals surface area contributed by atoms with Crippen molar-refractivity contribution in [1.29, 1.82) is 0 Å². The monoisotopic (exact) mass is 306 g/mol. The molecular formula is C11H15BrO3S. The van der Waals surface area contributed by atoms with Gasteiger partial charge in [-0.25, -0.2) is 8.42 Å². The van der Waals surface area contributed by atoms with Crippen molar-refractivity contribution in [3.8, 4) is 5.75 Å². The Bertz CT molecular complexity index is 425. The van der Waals surface area contributed by atoms with Crippen LogP contribution in [0.3, 0.4) is 0 Å². The first-order chi connectivity index (χ1) is 7.45. The zero-order chi connectivity index (χ0) is 12.2. The number of benzene rings is 1. The van der Waals surface area contributed by atoms with Gasteiger partial charge in [-0.05, 0) is 24.6 Å². The van der Waals surface area contributed by atoms with E-state index in [9.17, 15) is 8.42 Å². The second kappa shape index (κ2) is 5.68. The van der Waals surface area contributed by atoms with Crippen LogP contribution >= 0.6 is 15.9 Å². The van der Waals surface area contributed by atoms with Crippen molar-refractivity contribution in [2.24, 2.45) is 0 Å². The van der Waals surface area contributed by atoms with Crippen molar-refractivity contribution >= 4 is 25.8 Å². The predicted octanol–water partition coefficient (Wildman–Crippen LogP) is 2.57. The standard InChI is InChI=1S/C11H15BrO3S/c1-9(16(2,13)14)10-3-5-11(6-4-10)15-8-7-12/h3-6,9H,7-8H2,1-2H3. The maximum Gasteiger partial charge on any atom is 0.154 e.